The van der Waals surface area contributed by atoms with Crippen LogP contribution in [0.4, 0.5) is 0 Å². The summed E-state index contributed by atoms with van der Waals surface area (Å²) in [6, 6.07) is 0. The van der Waals surface area contributed by atoms with Crippen molar-refractivity contribution in [3.8, 4) is 0 Å². The maximum atomic E-state index is 10.9. The third-order valence-electron chi connectivity index (χ3n) is 1.14. The van der Waals surface area contributed by atoms with Crippen LogP contribution in [0, 0.1) is 18.9 Å². The summed E-state index contributed by atoms with van der Waals surface area (Å²) in [5.41, 5.74) is 0. The summed E-state index contributed by atoms with van der Waals surface area (Å²) in [6.07, 6.45) is 0.981. The highest BCUT2D eigenvalue weighted by Crippen LogP contribution is 2.12. The lowest BCUT2D eigenvalue weighted by Gasteiger charge is -2.09. The van der Waals surface area contributed by atoms with Gasteiger partial charge in [-0.3, -0.25) is 9.59 Å². The molecule has 0 saturated heterocycles. The lowest BCUT2D eigenvalue weighted by atomic mass is 10.1. The molecule has 0 aromatic heterocycles. The molecule has 0 bridgehead atoms. The molecular weight excluding hydrogens is 176 g/mol. The Labute approximate surface area is 77.0 Å². The van der Waals surface area contributed by atoms with Crippen molar-refractivity contribution in [3.05, 3.63) is 18.9 Å². The zero-order valence-electron chi connectivity index (χ0n) is 7.70. The van der Waals surface area contributed by atoms with E-state index in [1.54, 1.807) is 0 Å². The normalized spacial score (nSPS) is 9.85. The summed E-state index contributed by atoms with van der Waals surface area (Å²) in [5.74, 6) is -1.31. The molecule has 0 amide bonds. The minimum Gasteiger partial charge on any atom is -0.469 e. The van der Waals surface area contributed by atoms with Gasteiger partial charge in [-0.05, 0) is 0 Å². The molecule has 0 aliphatic rings. The van der Waals surface area contributed by atoms with Gasteiger partial charge >= 0.3 is 11.9 Å². The van der Waals surface area contributed by atoms with E-state index in [4.69, 9.17) is 0 Å². The van der Waals surface area contributed by atoms with E-state index < -0.39 is 11.9 Å². The Hall–Kier alpha value is -1.10. The van der Waals surface area contributed by atoms with Crippen LogP contribution >= 0.6 is 0 Å². The van der Waals surface area contributed by atoms with Gasteiger partial charge in [-0.25, -0.2) is 0 Å². The molecule has 0 spiro atoms. The van der Waals surface area contributed by atoms with E-state index in [-0.39, 0.29) is 5.92 Å². The molecule has 73 valence electrons. The lowest BCUT2D eigenvalue weighted by molar-refractivity contribution is -0.142. The lowest BCUT2D eigenvalue weighted by Crippen LogP contribution is -2.20. The van der Waals surface area contributed by atoms with Crippen LogP contribution in [-0.4, -0.2) is 33.3 Å². The molecule has 5 heteroatoms. The number of hydrogen-bond acceptors (Lipinski definition) is 5. The summed E-state index contributed by atoms with van der Waals surface area (Å²) in [7, 11) is 3.77. The number of rotatable bonds is 5. The van der Waals surface area contributed by atoms with Crippen molar-refractivity contribution in [3.63, 3.8) is 0 Å². The molecule has 0 aliphatic heterocycles. The largest absolute Gasteiger partial charge is 0.469 e. The first kappa shape index (κ1) is 11.9. The fraction of sp³-hybridized carbons (Fsp3) is 0.375. The van der Waals surface area contributed by atoms with Crippen LogP contribution in [-0.2, 0) is 23.8 Å². The Bertz CT molecular complexity index is 177. The van der Waals surface area contributed by atoms with Crippen molar-refractivity contribution in [1.29, 1.82) is 0 Å². The summed E-state index contributed by atoms with van der Waals surface area (Å²) in [5, 5.41) is 0. The summed E-state index contributed by atoms with van der Waals surface area (Å²) in [6.45, 7) is 1.10. The molecule has 0 aliphatic carbocycles. The summed E-state index contributed by atoms with van der Waals surface area (Å²) in [4.78, 5) is 21.7. The molecule has 0 aromatic rings. The van der Waals surface area contributed by atoms with Crippen molar-refractivity contribution in [2.45, 2.75) is 0 Å². The smallest absolute Gasteiger partial charge is 0.316 e. The molecular formula is C8H11O5. The Morgan fingerprint density at radius 3 is 2.08 bits per heavy atom. The Morgan fingerprint density at radius 1 is 1.08 bits per heavy atom. The maximum Gasteiger partial charge on any atom is 0.316 e. The third-order valence-corrected chi connectivity index (χ3v) is 1.14. The Balaban J connectivity index is 4.08. The second-order valence-corrected chi connectivity index (χ2v) is 1.97. The molecule has 0 rings (SSSR count). The molecule has 0 N–H and O–H groups in total. The Morgan fingerprint density at radius 2 is 1.69 bits per heavy atom. The first-order valence-corrected chi connectivity index (χ1v) is 3.39. The molecule has 0 fully saturated rings. The van der Waals surface area contributed by atoms with E-state index in [0.717, 1.165) is 13.0 Å². The minimum atomic E-state index is -0.660. The van der Waals surface area contributed by atoms with Crippen LogP contribution in [0.3, 0.4) is 0 Å². The number of carbonyl (C=O) groups excluding carboxylic acids is 2. The van der Waals surface area contributed by atoms with Gasteiger partial charge in [0.15, 0.2) is 0 Å². The van der Waals surface area contributed by atoms with Gasteiger partial charge in [0.1, 0.15) is 12.5 Å². The van der Waals surface area contributed by atoms with Gasteiger partial charge in [0.25, 0.3) is 0 Å². The van der Waals surface area contributed by atoms with E-state index in [0.29, 0.717) is 0 Å². The summed E-state index contributed by atoms with van der Waals surface area (Å²) >= 11 is 0. The van der Waals surface area contributed by atoms with Crippen LogP contribution < -0.4 is 0 Å². The van der Waals surface area contributed by atoms with Crippen molar-refractivity contribution in [1.82, 2.24) is 0 Å². The minimum absolute atomic E-state index is 0.00292. The average Bonchev–Trinajstić information content (AvgIpc) is 2.15. The highest BCUT2D eigenvalue weighted by atomic mass is 16.5. The topological polar surface area (TPSA) is 61.8 Å². The highest BCUT2D eigenvalue weighted by Gasteiger charge is 2.25. The van der Waals surface area contributed by atoms with Crippen LogP contribution in [0.1, 0.15) is 0 Å². The van der Waals surface area contributed by atoms with E-state index in [1.165, 1.54) is 21.3 Å². The predicted molar refractivity (Wildman–Crippen MR) is 42.9 cm³/mol. The van der Waals surface area contributed by atoms with Crippen LogP contribution in [0.15, 0.2) is 0 Å². The van der Waals surface area contributed by atoms with Crippen LogP contribution in [0.2, 0.25) is 0 Å². The number of carbonyl (C=O) groups is 2. The van der Waals surface area contributed by atoms with Gasteiger partial charge in [0.05, 0.1) is 20.6 Å². The van der Waals surface area contributed by atoms with Crippen LogP contribution in [0.25, 0.3) is 0 Å². The first-order valence-electron chi connectivity index (χ1n) is 3.39. The van der Waals surface area contributed by atoms with Crippen molar-refractivity contribution in [2.24, 2.45) is 0 Å². The molecule has 13 heavy (non-hydrogen) atoms. The molecule has 0 atom stereocenters. The highest BCUT2D eigenvalue weighted by molar-refractivity contribution is 5.98. The number of esters is 2. The van der Waals surface area contributed by atoms with Crippen molar-refractivity contribution in [2.75, 3.05) is 21.3 Å². The van der Waals surface area contributed by atoms with Crippen LogP contribution in [0.5, 0.6) is 0 Å². The van der Waals surface area contributed by atoms with E-state index in [9.17, 15) is 9.59 Å². The maximum absolute atomic E-state index is 10.9. The number of ether oxygens (including phenoxy) is 3. The van der Waals surface area contributed by atoms with Crippen molar-refractivity contribution < 1.29 is 23.8 Å². The monoisotopic (exact) mass is 187 g/mol. The van der Waals surface area contributed by atoms with Crippen molar-refractivity contribution >= 4 is 11.9 Å². The fourth-order valence-electron chi connectivity index (χ4n) is 0.572. The summed E-state index contributed by atoms with van der Waals surface area (Å²) < 4.78 is 13.3. The molecule has 0 saturated carbocycles. The second-order valence-electron chi connectivity index (χ2n) is 1.97. The molecule has 0 heterocycles. The molecule has 0 unspecified atom stereocenters. The zero-order valence-corrected chi connectivity index (χ0v) is 7.70. The van der Waals surface area contributed by atoms with E-state index in [2.05, 4.69) is 14.2 Å². The van der Waals surface area contributed by atoms with Gasteiger partial charge in [-0.2, -0.15) is 0 Å². The van der Waals surface area contributed by atoms with Gasteiger partial charge in [-0.15, -0.1) is 0 Å². The SMILES string of the molecule is CO[CH][C]([CH]C(=O)OC)C(=O)OC. The van der Waals surface area contributed by atoms with E-state index >= 15 is 0 Å². The van der Waals surface area contributed by atoms with Gasteiger partial charge in [-0.1, -0.05) is 0 Å². The zero-order chi connectivity index (χ0) is 10.3. The fourth-order valence-corrected chi connectivity index (χ4v) is 0.572. The molecule has 5 nitrogen and oxygen atoms in total. The number of methoxy groups -OCH3 is 3. The average molecular weight is 187 g/mol. The van der Waals surface area contributed by atoms with Gasteiger partial charge < -0.3 is 14.2 Å². The van der Waals surface area contributed by atoms with Gasteiger partial charge in [0.2, 0.25) is 0 Å². The molecule has 0 aromatic carbocycles. The van der Waals surface area contributed by atoms with Gasteiger partial charge in [0, 0.05) is 7.11 Å². The van der Waals surface area contributed by atoms with E-state index in [1.807, 2.05) is 0 Å². The molecule has 3 radical (unpaired) electrons. The second kappa shape index (κ2) is 6.42. The first-order chi connectivity index (χ1) is 6.15. The Kier molecular flexibility index (Phi) is 5.88. The quantitative estimate of drug-likeness (QED) is 0.563. The predicted octanol–water partition coefficient (Wildman–Crippen LogP) is -0.0806. The number of hydrogen-bond donors (Lipinski definition) is 0. The standard InChI is InChI=1S/C8H11O5/c1-11-5-6(8(10)13-3)4-7(9)12-2/h4-5H,1-3H3. The third kappa shape index (κ3) is 4.47.